The number of hydrogen-bond donors (Lipinski definition) is 3. The molecule has 0 saturated carbocycles. The molecular weight excluding hydrogens is 466 g/mol. The van der Waals surface area contributed by atoms with E-state index in [9.17, 15) is 20.1 Å². The van der Waals surface area contributed by atoms with Gasteiger partial charge in [0.15, 0.2) is 0 Å². The van der Waals surface area contributed by atoms with Gasteiger partial charge in [0.05, 0.1) is 10.2 Å². The Bertz CT molecular complexity index is 1040. The number of aliphatic imine (C=N–C) groups is 1. The lowest BCUT2D eigenvalue weighted by atomic mass is 10.1. The number of benzene rings is 3. The summed E-state index contributed by atoms with van der Waals surface area (Å²) < 4.78 is 0.434. The van der Waals surface area contributed by atoms with Gasteiger partial charge in [0, 0.05) is 17.4 Å². The molecule has 0 atom stereocenters. The molecule has 7 heteroatoms. The molecule has 0 fully saturated rings. The second kappa shape index (κ2) is 7.47. The number of phenols is 2. The summed E-state index contributed by atoms with van der Waals surface area (Å²) in [5.74, 6) is -1.57. The highest BCUT2D eigenvalue weighted by molar-refractivity contribution is 9.11. The summed E-state index contributed by atoms with van der Waals surface area (Å²) in [4.78, 5) is 16.0. The van der Waals surface area contributed by atoms with Crippen molar-refractivity contribution < 1.29 is 20.1 Å². The number of carboxylic acid groups (broad SMARTS) is 1. The molecule has 0 aromatic heterocycles. The van der Waals surface area contributed by atoms with Crippen LogP contribution in [0.2, 0.25) is 0 Å². The van der Waals surface area contributed by atoms with Gasteiger partial charge in [-0.25, -0.2) is 9.79 Å². The van der Waals surface area contributed by atoms with Crippen LogP contribution in [0.5, 0.6) is 11.5 Å². The van der Waals surface area contributed by atoms with Gasteiger partial charge in [0.1, 0.15) is 21.7 Å². The van der Waals surface area contributed by atoms with Crippen molar-refractivity contribution in [3.8, 4) is 11.5 Å². The highest BCUT2D eigenvalue weighted by atomic mass is 79.9. The third-order valence-electron chi connectivity index (χ3n) is 3.87. The SMILES string of the molecule is O=C(O)C(Cc1cc(Br)c(O)c(Br)c1O)=Nc1cccc2ccccc12. The lowest BCUT2D eigenvalue weighted by Gasteiger charge is -2.10. The first-order valence-electron chi connectivity index (χ1n) is 7.56. The molecule has 0 spiro atoms. The van der Waals surface area contributed by atoms with Crippen LogP contribution in [0, 0.1) is 0 Å². The zero-order valence-corrected chi connectivity index (χ0v) is 16.5. The number of phenolic OH excluding ortho intramolecular Hbond substituents is 2. The van der Waals surface area contributed by atoms with Crippen LogP contribution in [0.15, 0.2) is 62.5 Å². The molecule has 0 saturated heterocycles. The molecule has 0 unspecified atom stereocenters. The quantitative estimate of drug-likeness (QED) is 0.451. The van der Waals surface area contributed by atoms with Crippen molar-refractivity contribution in [3.05, 3.63) is 63.0 Å². The largest absolute Gasteiger partial charge is 0.506 e. The van der Waals surface area contributed by atoms with Crippen LogP contribution in [0.3, 0.4) is 0 Å². The van der Waals surface area contributed by atoms with Crippen LogP contribution in [0.4, 0.5) is 5.69 Å². The summed E-state index contributed by atoms with van der Waals surface area (Å²) >= 11 is 6.27. The summed E-state index contributed by atoms with van der Waals surface area (Å²) in [7, 11) is 0. The highest BCUT2D eigenvalue weighted by Crippen LogP contribution is 2.41. The number of aromatic hydroxyl groups is 2. The Kier molecular flexibility index (Phi) is 5.29. The van der Waals surface area contributed by atoms with Crippen molar-refractivity contribution in [2.75, 3.05) is 0 Å². The average molecular weight is 479 g/mol. The molecule has 0 radical (unpaired) electrons. The first-order chi connectivity index (χ1) is 12.4. The molecule has 0 bridgehead atoms. The highest BCUT2D eigenvalue weighted by Gasteiger charge is 2.19. The Balaban J connectivity index is 2.09. The van der Waals surface area contributed by atoms with E-state index in [1.165, 1.54) is 6.07 Å². The number of halogens is 2. The number of fused-ring (bicyclic) bond motifs is 1. The number of carboxylic acids is 1. The van der Waals surface area contributed by atoms with Crippen molar-refractivity contribution in [1.82, 2.24) is 0 Å². The van der Waals surface area contributed by atoms with Gasteiger partial charge in [0.2, 0.25) is 0 Å². The molecule has 0 aliphatic carbocycles. The second-order valence-corrected chi connectivity index (χ2v) is 7.21. The topological polar surface area (TPSA) is 90.1 Å². The van der Waals surface area contributed by atoms with Crippen LogP contribution in [-0.4, -0.2) is 27.0 Å². The van der Waals surface area contributed by atoms with E-state index in [1.807, 2.05) is 36.4 Å². The van der Waals surface area contributed by atoms with Gasteiger partial charge < -0.3 is 15.3 Å². The molecule has 3 aromatic carbocycles. The molecular formula is C19H13Br2NO4. The fourth-order valence-electron chi connectivity index (χ4n) is 2.58. The van der Waals surface area contributed by atoms with E-state index in [1.54, 1.807) is 6.07 Å². The Morgan fingerprint density at radius 1 is 1.00 bits per heavy atom. The van der Waals surface area contributed by atoms with Gasteiger partial charge >= 0.3 is 5.97 Å². The number of carbonyl (C=O) groups is 1. The van der Waals surface area contributed by atoms with Crippen molar-refractivity contribution in [3.63, 3.8) is 0 Å². The molecule has 0 heterocycles. The van der Waals surface area contributed by atoms with Crippen molar-refractivity contribution >= 4 is 60.0 Å². The predicted octanol–water partition coefficient (Wildman–Crippen LogP) is 5.18. The molecule has 132 valence electrons. The number of rotatable bonds is 4. The van der Waals surface area contributed by atoms with Crippen LogP contribution in [-0.2, 0) is 11.2 Å². The Labute approximate surface area is 165 Å². The van der Waals surface area contributed by atoms with Gasteiger partial charge in [-0.05, 0) is 49.4 Å². The van der Waals surface area contributed by atoms with Crippen molar-refractivity contribution in [2.24, 2.45) is 4.99 Å². The minimum absolute atomic E-state index is 0.0942. The molecule has 0 aliphatic heterocycles. The Morgan fingerprint density at radius 3 is 2.42 bits per heavy atom. The van der Waals surface area contributed by atoms with Gasteiger partial charge in [0.25, 0.3) is 0 Å². The number of aliphatic carboxylic acids is 1. The number of nitrogens with zero attached hydrogens (tertiary/aromatic N) is 1. The summed E-state index contributed by atoms with van der Waals surface area (Å²) in [6.45, 7) is 0. The fourth-order valence-corrected chi connectivity index (χ4v) is 3.79. The molecule has 3 rings (SSSR count). The zero-order chi connectivity index (χ0) is 18.8. The summed E-state index contributed by atoms with van der Waals surface area (Å²) in [6.07, 6.45) is -0.109. The van der Waals surface area contributed by atoms with Crippen LogP contribution in [0.1, 0.15) is 5.56 Å². The van der Waals surface area contributed by atoms with Crippen molar-refractivity contribution in [2.45, 2.75) is 6.42 Å². The van der Waals surface area contributed by atoms with E-state index in [0.717, 1.165) is 10.8 Å². The number of hydrogen-bond acceptors (Lipinski definition) is 4. The van der Waals surface area contributed by atoms with E-state index in [0.29, 0.717) is 15.7 Å². The molecule has 3 aromatic rings. The van der Waals surface area contributed by atoms with E-state index in [-0.39, 0.29) is 28.1 Å². The van der Waals surface area contributed by atoms with Crippen LogP contribution < -0.4 is 0 Å². The van der Waals surface area contributed by atoms with E-state index >= 15 is 0 Å². The third kappa shape index (κ3) is 3.59. The monoisotopic (exact) mass is 477 g/mol. The minimum Gasteiger partial charge on any atom is -0.506 e. The van der Waals surface area contributed by atoms with Crippen molar-refractivity contribution in [1.29, 1.82) is 0 Å². The molecule has 5 nitrogen and oxygen atoms in total. The standard InChI is InChI=1S/C19H13Br2NO4/c20-13-8-11(17(23)16(21)18(13)24)9-15(19(25)26)22-14-7-3-5-10-4-1-2-6-12(10)14/h1-8,23-24H,9H2,(H,25,26). The molecule has 3 N–H and O–H groups in total. The van der Waals surface area contributed by atoms with E-state index in [4.69, 9.17) is 0 Å². The third-order valence-corrected chi connectivity index (χ3v) is 5.23. The second-order valence-electron chi connectivity index (χ2n) is 5.57. The van der Waals surface area contributed by atoms with Gasteiger partial charge in [-0.3, -0.25) is 0 Å². The van der Waals surface area contributed by atoms with Gasteiger partial charge in [-0.2, -0.15) is 0 Å². The first kappa shape index (κ1) is 18.4. The summed E-state index contributed by atoms with van der Waals surface area (Å²) in [6, 6.07) is 14.5. The zero-order valence-electron chi connectivity index (χ0n) is 13.3. The lowest BCUT2D eigenvalue weighted by molar-refractivity contribution is -0.129. The van der Waals surface area contributed by atoms with Crippen LogP contribution >= 0.6 is 31.9 Å². The average Bonchev–Trinajstić information content (AvgIpc) is 2.63. The van der Waals surface area contributed by atoms with E-state index < -0.39 is 5.97 Å². The van der Waals surface area contributed by atoms with Gasteiger partial charge in [-0.15, -0.1) is 0 Å². The summed E-state index contributed by atoms with van der Waals surface area (Å²) in [5.41, 5.74) is 0.737. The maximum Gasteiger partial charge on any atom is 0.350 e. The smallest absolute Gasteiger partial charge is 0.350 e. The fraction of sp³-hybridized carbons (Fsp3) is 0.0526. The predicted molar refractivity (Wildman–Crippen MR) is 108 cm³/mol. The minimum atomic E-state index is -1.18. The van der Waals surface area contributed by atoms with E-state index in [2.05, 4.69) is 36.9 Å². The molecule has 26 heavy (non-hydrogen) atoms. The molecule has 0 amide bonds. The van der Waals surface area contributed by atoms with Gasteiger partial charge in [-0.1, -0.05) is 36.4 Å². The maximum absolute atomic E-state index is 11.7. The Hall–Kier alpha value is -2.38. The molecule has 0 aliphatic rings. The Morgan fingerprint density at radius 2 is 1.69 bits per heavy atom. The normalized spacial score (nSPS) is 11.7. The van der Waals surface area contributed by atoms with Crippen LogP contribution in [0.25, 0.3) is 10.8 Å². The lowest BCUT2D eigenvalue weighted by Crippen LogP contribution is -2.16. The summed E-state index contributed by atoms with van der Waals surface area (Å²) in [5, 5.41) is 31.4. The maximum atomic E-state index is 11.7. The first-order valence-corrected chi connectivity index (χ1v) is 9.14.